The van der Waals surface area contributed by atoms with Crippen molar-refractivity contribution in [3.05, 3.63) is 29.3 Å². The van der Waals surface area contributed by atoms with Crippen LogP contribution in [0.5, 0.6) is 0 Å². The molecule has 0 saturated carbocycles. The van der Waals surface area contributed by atoms with Crippen LogP contribution in [0.3, 0.4) is 0 Å². The Hall–Kier alpha value is -1.02. The molecule has 0 spiro atoms. The highest BCUT2D eigenvalue weighted by molar-refractivity contribution is 5.58. The summed E-state index contributed by atoms with van der Waals surface area (Å²) in [5.41, 5.74) is 5.02. The minimum absolute atomic E-state index is 0.273. The van der Waals surface area contributed by atoms with E-state index in [9.17, 15) is 0 Å². The molecular weight excluding hydrogens is 232 g/mol. The van der Waals surface area contributed by atoms with Crippen molar-refractivity contribution in [3.8, 4) is 0 Å². The molecule has 2 heteroatoms. The second kappa shape index (κ2) is 5.16. The summed E-state index contributed by atoms with van der Waals surface area (Å²) in [5, 5.41) is 3.68. The molecule has 0 amide bonds. The molecule has 19 heavy (non-hydrogen) atoms. The van der Waals surface area contributed by atoms with E-state index in [1.165, 1.54) is 37.8 Å². The van der Waals surface area contributed by atoms with Gasteiger partial charge < -0.3 is 10.2 Å². The summed E-state index contributed by atoms with van der Waals surface area (Å²) in [4.78, 5) is 2.62. The number of anilines is 1. The third kappa shape index (κ3) is 2.51. The first kappa shape index (κ1) is 13.0. The maximum Gasteiger partial charge on any atom is 0.0402 e. The Kier molecular flexibility index (Phi) is 3.53. The molecule has 2 aliphatic rings. The number of nitrogens with one attached hydrogen (secondary N) is 1. The van der Waals surface area contributed by atoms with E-state index >= 15 is 0 Å². The van der Waals surface area contributed by atoms with Crippen LogP contribution in [-0.4, -0.2) is 25.2 Å². The van der Waals surface area contributed by atoms with Crippen LogP contribution in [0, 0.1) is 0 Å². The van der Waals surface area contributed by atoms with Crippen LogP contribution in [0.4, 0.5) is 5.69 Å². The summed E-state index contributed by atoms with van der Waals surface area (Å²) in [6.07, 6.45) is 6.48. The van der Waals surface area contributed by atoms with Crippen LogP contribution in [0.1, 0.15) is 44.2 Å². The molecule has 1 atom stereocenters. The molecule has 1 unspecified atom stereocenters. The Labute approximate surface area is 117 Å². The van der Waals surface area contributed by atoms with Crippen molar-refractivity contribution in [3.63, 3.8) is 0 Å². The standard InChI is InChI=1S/C17H26N2/c1-3-17(2)13-19(12-11-18-17)16-10-6-8-14-7-4-5-9-15(14)16/h6,8,10,18H,3-5,7,9,11-13H2,1-2H3. The largest absolute Gasteiger partial charge is 0.368 e. The highest BCUT2D eigenvalue weighted by Gasteiger charge is 2.30. The van der Waals surface area contributed by atoms with Gasteiger partial charge in [0.2, 0.25) is 0 Å². The quantitative estimate of drug-likeness (QED) is 0.876. The minimum Gasteiger partial charge on any atom is -0.368 e. The van der Waals surface area contributed by atoms with Gasteiger partial charge in [-0.25, -0.2) is 0 Å². The normalized spacial score (nSPS) is 27.2. The van der Waals surface area contributed by atoms with Gasteiger partial charge in [0.25, 0.3) is 0 Å². The smallest absolute Gasteiger partial charge is 0.0402 e. The highest BCUT2D eigenvalue weighted by atomic mass is 15.2. The molecule has 1 aliphatic carbocycles. The molecule has 1 N–H and O–H groups in total. The Morgan fingerprint density at radius 1 is 1.26 bits per heavy atom. The summed E-state index contributed by atoms with van der Waals surface area (Å²) in [7, 11) is 0. The summed E-state index contributed by atoms with van der Waals surface area (Å²) in [6, 6.07) is 6.93. The van der Waals surface area contributed by atoms with Gasteiger partial charge >= 0.3 is 0 Å². The van der Waals surface area contributed by atoms with E-state index in [-0.39, 0.29) is 5.54 Å². The number of piperazine rings is 1. The zero-order chi connectivity index (χ0) is 13.3. The molecule has 0 radical (unpaired) electrons. The maximum absolute atomic E-state index is 3.68. The van der Waals surface area contributed by atoms with Gasteiger partial charge in [-0.2, -0.15) is 0 Å². The van der Waals surface area contributed by atoms with Gasteiger partial charge in [-0.05, 0) is 56.2 Å². The minimum atomic E-state index is 0.273. The van der Waals surface area contributed by atoms with Gasteiger partial charge in [0, 0.05) is 30.9 Å². The molecule has 104 valence electrons. The first-order valence-corrected chi connectivity index (χ1v) is 7.82. The van der Waals surface area contributed by atoms with Crippen molar-refractivity contribution in [2.45, 2.75) is 51.5 Å². The zero-order valence-electron chi connectivity index (χ0n) is 12.3. The molecule has 1 aliphatic heterocycles. The molecule has 0 aromatic heterocycles. The third-order valence-electron chi connectivity index (χ3n) is 4.97. The fraction of sp³-hybridized carbons (Fsp3) is 0.647. The van der Waals surface area contributed by atoms with Crippen molar-refractivity contribution in [1.82, 2.24) is 5.32 Å². The van der Waals surface area contributed by atoms with E-state index < -0.39 is 0 Å². The maximum atomic E-state index is 3.68. The van der Waals surface area contributed by atoms with E-state index in [2.05, 4.69) is 42.3 Å². The topological polar surface area (TPSA) is 15.3 Å². The zero-order valence-corrected chi connectivity index (χ0v) is 12.3. The predicted molar refractivity (Wildman–Crippen MR) is 82.0 cm³/mol. The Balaban J connectivity index is 1.89. The number of fused-ring (bicyclic) bond motifs is 1. The molecule has 1 aromatic carbocycles. The number of benzene rings is 1. The van der Waals surface area contributed by atoms with Gasteiger partial charge in [-0.15, -0.1) is 0 Å². The van der Waals surface area contributed by atoms with Crippen molar-refractivity contribution in [2.24, 2.45) is 0 Å². The highest BCUT2D eigenvalue weighted by Crippen LogP contribution is 2.32. The number of nitrogens with zero attached hydrogens (tertiary/aromatic N) is 1. The summed E-state index contributed by atoms with van der Waals surface area (Å²) >= 11 is 0. The van der Waals surface area contributed by atoms with Crippen LogP contribution in [0.2, 0.25) is 0 Å². The molecule has 1 heterocycles. The Bertz CT molecular complexity index is 455. The summed E-state index contributed by atoms with van der Waals surface area (Å²) in [5.74, 6) is 0. The lowest BCUT2D eigenvalue weighted by Crippen LogP contribution is -2.58. The van der Waals surface area contributed by atoms with Gasteiger partial charge in [0.15, 0.2) is 0 Å². The average molecular weight is 258 g/mol. The molecule has 1 fully saturated rings. The van der Waals surface area contributed by atoms with Crippen molar-refractivity contribution in [2.75, 3.05) is 24.5 Å². The lowest BCUT2D eigenvalue weighted by atomic mass is 9.89. The lowest BCUT2D eigenvalue weighted by molar-refractivity contribution is 0.314. The van der Waals surface area contributed by atoms with Gasteiger partial charge in [-0.3, -0.25) is 0 Å². The van der Waals surface area contributed by atoms with Crippen LogP contribution < -0.4 is 10.2 Å². The number of aryl methyl sites for hydroxylation is 1. The molecule has 1 aromatic rings. The molecule has 1 saturated heterocycles. The second-order valence-electron chi connectivity index (χ2n) is 6.38. The van der Waals surface area contributed by atoms with Crippen molar-refractivity contribution < 1.29 is 0 Å². The number of hydrogen-bond donors (Lipinski definition) is 1. The van der Waals surface area contributed by atoms with Crippen LogP contribution in [0.15, 0.2) is 18.2 Å². The lowest BCUT2D eigenvalue weighted by Gasteiger charge is -2.43. The molecule has 2 nitrogen and oxygen atoms in total. The van der Waals surface area contributed by atoms with Gasteiger partial charge in [-0.1, -0.05) is 19.1 Å². The molecule has 0 bridgehead atoms. The second-order valence-corrected chi connectivity index (χ2v) is 6.38. The summed E-state index contributed by atoms with van der Waals surface area (Å²) in [6.45, 7) is 8.03. The molecular formula is C17H26N2. The van der Waals surface area contributed by atoms with Crippen LogP contribution in [-0.2, 0) is 12.8 Å². The van der Waals surface area contributed by atoms with E-state index in [1.54, 1.807) is 11.1 Å². The van der Waals surface area contributed by atoms with E-state index in [0.717, 1.165) is 19.6 Å². The molecule has 3 rings (SSSR count). The van der Waals surface area contributed by atoms with Gasteiger partial charge in [0.05, 0.1) is 0 Å². The SMILES string of the molecule is CCC1(C)CN(c2cccc3c2CCCC3)CCN1. The number of rotatable bonds is 2. The number of hydrogen-bond acceptors (Lipinski definition) is 2. The first-order valence-electron chi connectivity index (χ1n) is 7.82. The van der Waals surface area contributed by atoms with Crippen molar-refractivity contribution >= 4 is 5.69 Å². The summed E-state index contributed by atoms with van der Waals surface area (Å²) < 4.78 is 0. The van der Waals surface area contributed by atoms with Crippen molar-refractivity contribution in [1.29, 1.82) is 0 Å². The fourth-order valence-electron chi connectivity index (χ4n) is 3.55. The monoisotopic (exact) mass is 258 g/mol. The van der Waals surface area contributed by atoms with E-state index in [4.69, 9.17) is 0 Å². The van der Waals surface area contributed by atoms with E-state index in [1.807, 2.05) is 0 Å². The first-order chi connectivity index (χ1) is 9.22. The van der Waals surface area contributed by atoms with Crippen LogP contribution in [0.25, 0.3) is 0 Å². The Morgan fingerprint density at radius 3 is 2.95 bits per heavy atom. The van der Waals surface area contributed by atoms with E-state index in [0.29, 0.717) is 0 Å². The fourth-order valence-corrected chi connectivity index (χ4v) is 3.55. The predicted octanol–water partition coefficient (Wildman–Crippen LogP) is 3.14. The van der Waals surface area contributed by atoms with Gasteiger partial charge in [0.1, 0.15) is 0 Å². The Morgan fingerprint density at radius 2 is 2.11 bits per heavy atom. The average Bonchev–Trinajstić information content (AvgIpc) is 2.47. The van der Waals surface area contributed by atoms with Crippen LogP contribution >= 0.6 is 0 Å². The third-order valence-corrected chi connectivity index (χ3v) is 4.97.